The van der Waals surface area contributed by atoms with Crippen molar-refractivity contribution in [3.05, 3.63) is 24.3 Å². The molecule has 2 fully saturated rings. The highest BCUT2D eigenvalue weighted by Gasteiger charge is 2.39. The van der Waals surface area contributed by atoms with Gasteiger partial charge in [-0.1, -0.05) is 0 Å². The van der Waals surface area contributed by atoms with E-state index in [4.69, 9.17) is 5.73 Å². The van der Waals surface area contributed by atoms with Crippen LogP contribution < -0.4 is 10.6 Å². The van der Waals surface area contributed by atoms with Crippen LogP contribution in [0.15, 0.2) is 29.2 Å². The number of hydrogen-bond acceptors (Lipinski definition) is 3. The van der Waals surface area contributed by atoms with Crippen LogP contribution in [-0.4, -0.2) is 24.4 Å². The number of rotatable bonds is 2. The van der Waals surface area contributed by atoms with Gasteiger partial charge in [-0.2, -0.15) is 0 Å². The van der Waals surface area contributed by atoms with E-state index in [0.717, 1.165) is 0 Å². The Hall–Kier alpha value is -0.670. The minimum atomic E-state index is 0.425. The van der Waals surface area contributed by atoms with Crippen LogP contribution in [-0.2, 0) is 0 Å². The normalized spacial score (nSPS) is 31.9. The summed E-state index contributed by atoms with van der Waals surface area (Å²) in [5.74, 6) is 0. The monoisotopic (exact) mass is 248 g/mol. The van der Waals surface area contributed by atoms with Crippen molar-refractivity contribution in [3.63, 3.8) is 0 Å². The number of fused-ring (bicyclic) bond motifs is 2. The molecule has 2 heterocycles. The lowest BCUT2D eigenvalue weighted by Gasteiger charge is -2.39. The van der Waals surface area contributed by atoms with Crippen molar-refractivity contribution in [2.24, 2.45) is 5.73 Å². The van der Waals surface area contributed by atoms with E-state index in [-0.39, 0.29) is 0 Å². The van der Waals surface area contributed by atoms with Crippen molar-refractivity contribution < 1.29 is 0 Å². The van der Waals surface area contributed by atoms with Crippen LogP contribution in [0.5, 0.6) is 0 Å². The molecule has 0 saturated carbocycles. The molecular weight excluding hydrogens is 228 g/mol. The fourth-order valence-corrected chi connectivity index (χ4v) is 3.80. The average molecular weight is 248 g/mol. The fraction of sp³-hybridized carbons (Fsp3) is 0.571. The molecule has 1 aromatic rings. The van der Waals surface area contributed by atoms with Crippen LogP contribution in [0, 0.1) is 0 Å². The highest BCUT2D eigenvalue weighted by atomic mass is 32.2. The Labute approximate surface area is 108 Å². The first kappa shape index (κ1) is 11.4. The lowest BCUT2D eigenvalue weighted by Crippen LogP contribution is -2.47. The number of piperidine rings is 1. The van der Waals surface area contributed by atoms with Crippen molar-refractivity contribution in [1.29, 1.82) is 0 Å². The minimum absolute atomic E-state index is 0.425. The topological polar surface area (TPSA) is 29.3 Å². The molecule has 0 spiro atoms. The first-order chi connectivity index (χ1) is 8.28. The Balaban J connectivity index is 1.84. The molecule has 0 aliphatic carbocycles. The third kappa shape index (κ3) is 2.06. The third-order valence-electron chi connectivity index (χ3n) is 4.14. The number of nitrogens with zero attached hydrogens (tertiary/aromatic N) is 1. The summed E-state index contributed by atoms with van der Waals surface area (Å²) in [4.78, 5) is 3.96. The van der Waals surface area contributed by atoms with Crippen molar-refractivity contribution >= 4 is 17.4 Å². The molecule has 3 rings (SSSR count). The number of thioether (sulfide) groups is 1. The molecule has 0 radical (unpaired) electrons. The van der Waals surface area contributed by atoms with Crippen LogP contribution >= 0.6 is 11.8 Å². The van der Waals surface area contributed by atoms with Gasteiger partial charge in [-0.25, -0.2) is 0 Å². The number of anilines is 1. The molecule has 92 valence electrons. The van der Waals surface area contributed by atoms with Gasteiger partial charge in [-0.3, -0.25) is 0 Å². The van der Waals surface area contributed by atoms with Gasteiger partial charge in [0.05, 0.1) is 0 Å². The standard InChI is InChI=1S/C14H20N2S/c1-17-14-6-4-11(5-7-14)16-12-2-3-13(16)9-10(15)8-12/h4-7,10,12-13H,2-3,8-9,15H2,1H3. The molecule has 2 saturated heterocycles. The van der Waals surface area contributed by atoms with E-state index in [0.29, 0.717) is 18.1 Å². The Bertz CT molecular complexity index is 376. The highest BCUT2D eigenvalue weighted by molar-refractivity contribution is 7.98. The SMILES string of the molecule is CSc1ccc(N2C3CCC2CC(N)C3)cc1. The van der Waals surface area contributed by atoms with Gasteiger partial charge >= 0.3 is 0 Å². The van der Waals surface area contributed by atoms with Crippen LogP contribution in [0.4, 0.5) is 5.69 Å². The van der Waals surface area contributed by atoms with Crippen LogP contribution in [0.1, 0.15) is 25.7 Å². The first-order valence-corrected chi connectivity index (χ1v) is 7.68. The maximum atomic E-state index is 6.11. The van der Waals surface area contributed by atoms with Gasteiger partial charge in [0.15, 0.2) is 0 Å². The largest absolute Gasteiger partial charge is 0.365 e. The van der Waals surface area contributed by atoms with Crippen LogP contribution in [0.3, 0.4) is 0 Å². The van der Waals surface area contributed by atoms with E-state index in [1.54, 1.807) is 11.8 Å². The van der Waals surface area contributed by atoms with E-state index in [2.05, 4.69) is 35.4 Å². The van der Waals surface area contributed by atoms with Gasteiger partial charge in [-0.05, 0) is 56.2 Å². The summed E-state index contributed by atoms with van der Waals surface area (Å²) in [7, 11) is 0. The Morgan fingerprint density at radius 3 is 2.24 bits per heavy atom. The zero-order valence-corrected chi connectivity index (χ0v) is 11.1. The molecule has 2 unspecified atom stereocenters. The maximum Gasteiger partial charge on any atom is 0.0372 e. The number of benzene rings is 1. The summed E-state index contributed by atoms with van der Waals surface area (Å²) in [6.45, 7) is 0. The second kappa shape index (κ2) is 4.54. The molecule has 3 heteroatoms. The predicted molar refractivity (Wildman–Crippen MR) is 74.7 cm³/mol. The third-order valence-corrected chi connectivity index (χ3v) is 4.88. The van der Waals surface area contributed by atoms with Gasteiger partial charge in [-0.15, -0.1) is 11.8 Å². The van der Waals surface area contributed by atoms with E-state index in [1.807, 2.05) is 0 Å². The molecule has 2 N–H and O–H groups in total. The fourth-order valence-electron chi connectivity index (χ4n) is 3.40. The lowest BCUT2D eigenvalue weighted by atomic mass is 9.97. The number of hydrogen-bond donors (Lipinski definition) is 1. The van der Waals surface area contributed by atoms with Gasteiger partial charge in [0.1, 0.15) is 0 Å². The lowest BCUT2D eigenvalue weighted by molar-refractivity contribution is 0.414. The van der Waals surface area contributed by atoms with E-state index < -0.39 is 0 Å². The molecule has 2 nitrogen and oxygen atoms in total. The summed E-state index contributed by atoms with van der Waals surface area (Å²) in [6.07, 6.45) is 7.10. The predicted octanol–water partition coefficient (Wildman–Crippen LogP) is 2.87. The summed E-state index contributed by atoms with van der Waals surface area (Å²) >= 11 is 1.80. The zero-order valence-electron chi connectivity index (χ0n) is 10.3. The smallest absolute Gasteiger partial charge is 0.0372 e. The average Bonchev–Trinajstić information content (AvgIpc) is 2.62. The quantitative estimate of drug-likeness (QED) is 0.816. The van der Waals surface area contributed by atoms with Crippen LogP contribution in [0.25, 0.3) is 0 Å². The van der Waals surface area contributed by atoms with Crippen molar-refractivity contribution in [2.75, 3.05) is 11.2 Å². The maximum absolute atomic E-state index is 6.11. The molecule has 2 aliphatic rings. The second-order valence-corrected chi connectivity index (χ2v) is 6.10. The molecule has 0 aromatic heterocycles. The summed E-state index contributed by atoms with van der Waals surface area (Å²) in [5.41, 5.74) is 7.50. The highest BCUT2D eigenvalue weighted by Crippen LogP contribution is 2.39. The van der Waals surface area contributed by atoms with E-state index in [1.165, 1.54) is 36.3 Å². The number of nitrogens with two attached hydrogens (primary N) is 1. The van der Waals surface area contributed by atoms with E-state index in [9.17, 15) is 0 Å². The molecule has 17 heavy (non-hydrogen) atoms. The summed E-state index contributed by atoms with van der Waals surface area (Å²) < 4.78 is 0. The van der Waals surface area contributed by atoms with Gasteiger partial charge in [0.25, 0.3) is 0 Å². The molecule has 2 atom stereocenters. The molecule has 0 amide bonds. The Morgan fingerprint density at radius 1 is 1.12 bits per heavy atom. The summed E-state index contributed by atoms with van der Waals surface area (Å²) in [5, 5.41) is 0. The molecular formula is C14H20N2S. The Morgan fingerprint density at radius 2 is 1.71 bits per heavy atom. The van der Waals surface area contributed by atoms with Crippen molar-refractivity contribution in [1.82, 2.24) is 0 Å². The van der Waals surface area contributed by atoms with Crippen LogP contribution in [0.2, 0.25) is 0 Å². The van der Waals surface area contributed by atoms with Crippen molar-refractivity contribution in [3.8, 4) is 0 Å². The van der Waals surface area contributed by atoms with Gasteiger partial charge in [0, 0.05) is 28.7 Å². The zero-order chi connectivity index (χ0) is 11.8. The minimum Gasteiger partial charge on any atom is -0.365 e. The van der Waals surface area contributed by atoms with E-state index >= 15 is 0 Å². The Kier molecular flexibility index (Phi) is 3.05. The van der Waals surface area contributed by atoms with Gasteiger partial charge in [0.2, 0.25) is 0 Å². The molecule has 1 aromatic carbocycles. The molecule has 2 aliphatic heterocycles. The van der Waals surface area contributed by atoms with Gasteiger partial charge < -0.3 is 10.6 Å². The molecule has 2 bridgehead atoms. The summed E-state index contributed by atoms with van der Waals surface area (Å²) in [6, 6.07) is 10.8. The van der Waals surface area contributed by atoms with Crippen molar-refractivity contribution in [2.45, 2.75) is 48.7 Å². The first-order valence-electron chi connectivity index (χ1n) is 6.46. The second-order valence-electron chi connectivity index (χ2n) is 5.22.